The minimum atomic E-state index is 0.794. The molecule has 0 fully saturated rings. The number of para-hydroxylation sites is 2. The molecule has 0 aliphatic carbocycles. The molecule has 0 amide bonds. The predicted molar refractivity (Wildman–Crippen MR) is 104 cm³/mol. The molecule has 0 saturated heterocycles. The quantitative estimate of drug-likeness (QED) is 0.768. The summed E-state index contributed by atoms with van der Waals surface area (Å²) in [6, 6.07) is 8.30. The summed E-state index contributed by atoms with van der Waals surface area (Å²) in [7, 11) is 0. The molecule has 4 nitrogen and oxygen atoms in total. The van der Waals surface area contributed by atoms with Crippen LogP contribution < -0.4 is 10.6 Å². The van der Waals surface area contributed by atoms with Gasteiger partial charge in [0.15, 0.2) is 0 Å². The third-order valence-corrected chi connectivity index (χ3v) is 3.78. The normalized spacial score (nSPS) is 13.6. The first-order valence-electron chi connectivity index (χ1n) is 8.71. The highest BCUT2D eigenvalue weighted by Crippen LogP contribution is 2.30. The fourth-order valence-corrected chi connectivity index (χ4v) is 2.63. The van der Waals surface area contributed by atoms with E-state index in [2.05, 4.69) is 53.0 Å². The molecule has 1 aliphatic heterocycles. The van der Waals surface area contributed by atoms with Crippen molar-refractivity contribution in [3.63, 3.8) is 0 Å². The molecule has 2 N–H and O–H groups in total. The summed E-state index contributed by atoms with van der Waals surface area (Å²) in [5.74, 6) is 1.10. The zero-order valence-electron chi connectivity index (χ0n) is 15.1. The molecule has 0 radical (unpaired) electrons. The topological polar surface area (TPSA) is 41.9 Å². The highest BCUT2D eigenvalue weighted by molar-refractivity contribution is 5.75. The Labute approximate surface area is 145 Å². The van der Waals surface area contributed by atoms with Crippen LogP contribution >= 0.6 is 0 Å². The molecule has 128 valence electrons. The molecule has 0 unspecified atom stereocenters. The highest BCUT2D eigenvalue weighted by atomic mass is 15.3. The Morgan fingerprint density at radius 3 is 2.75 bits per heavy atom. The number of anilines is 3. The summed E-state index contributed by atoms with van der Waals surface area (Å²) in [6.07, 6.45) is 9.17. The van der Waals surface area contributed by atoms with Crippen LogP contribution in [0.3, 0.4) is 0 Å². The van der Waals surface area contributed by atoms with Crippen LogP contribution in [0.15, 0.2) is 54.3 Å². The molecule has 0 bridgehead atoms. The van der Waals surface area contributed by atoms with Crippen LogP contribution in [0.1, 0.15) is 33.3 Å². The smallest absolute Gasteiger partial charge is 0.132 e. The summed E-state index contributed by atoms with van der Waals surface area (Å²) < 4.78 is 2.05. The van der Waals surface area contributed by atoms with Gasteiger partial charge in [0.05, 0.1) is 24.1 Å². The largest absolute Gasteiger partial charge is 0.383 e. The summed E-state index contributed by atoms with van der Waals surface area (Å²) in [5.41, 5.74) is 4.77. The molecule has 2 heterocycles. The zero-order valence-corrected chi connectivity index (χ0v) is 15.1. The predicted octanol–water partition coefficient (Wildman–Crippen LogP) is 5.14. The monoisotopic (exact) mass is 324 g/mol. The second-order valence-electron chi connectivity index (χ2n) is 5.56. The first kappa shape index (κ1) is 17.9. The van der Waals surface area contributed by atoms with Gasteiger partial charge in [0.1, 0.15) is 5.82 Å². The van der Waals surface area contributed by atoms with Crippen molar-refractivity contribution >= 4 is 17.2 Å². The van der Waals surface area contributed by atoms with Crippen LogP contribution in [0.4, 0.5) is 17.2 Å². The van der Waals surface area contributed by atoms with Crippen molar-refractivity contribution < 1.29 is 0 Å². The summed E-state index contributed by atoms with van der Waals surface area (Å²) in [6.45, 7) is 9.87. The Morgan fingerprint density at radius 1 is 1.25 bits per heavy atom. The Bertz CT molecular complexity index is 710. The van der Waals surface area contributed by atoms with E-state index in [0.717, 1.165) is 36.7 Å². The number of benzene rings is 1. The molecule has 0 atom stereocenters. The molecule has 3 rings (SSSR count). The lowest BCUT2D eigenvalue weighted by Gasteiger charge is -2.19. The van der Waals surface area contributed by atoms with Gasteiger partial charge in [-0.15, -0.1) is 0 Å². The van der Waals surface area contributed by atoms with E-state index < -0.39 is 0 Å². The van der Waals surface area contributed by atoms with Crippen LogP contribution in [0.5, 0.6) is 0 Å². The number of hydrogen-bond donors (Lipinski definition) is 2. The Morgan fingerprint density at radius 2 is 2.00 bits per heavy atom. The van der Waals surface area contributed by atoms with Crippen molar-refractivity contribution in [2.24, 2.45) is 0 Å². The number of allylic oxidation sites excluding steroid dienone is 4. The second kappa shape index (κ2) is 8.96. The van der Waals surface area contributed by atoms with Crippen molar-refractivity contribution in [2.45, 2.75) is 40.7 Å². The fourth-order valence-electron chi connectivity index (χ4n) is 2.63. The molecule has 4 heteroatoms. The van der Waals surface area contributed by atoms with Gasteiger partial charge < -0.3 is 10.6 Å². The number of hydrogen-bond acceptors (Lipinski definition) is 3. The number of rotatable bonds is 3. The number of aromatic nitrogens is 2. The fraction of sp³-hybridized carbons (Fsp3) is 0.350. The van der Waals surface area contributed by atoms with E-state index in [4.69, 9.17) is 0 Å². The summed E-state index contributed by atoms with van der Waals surface area (Å²) in [4.78, 5) is 0. The molecular formula is C20H28N4. The molecule has 2 aromatic rings. The first-order chi connectivity index (χ1) is 11.8. The Hall–Kier alpha value is -2.49. The molecule has 1 aromatic heterocycles. The molecule has 0 saturated carbocycles. The van der Waals surface area contributed by atoms with E-state index in [1.807, 2.05) is 43.8 Å². The van der Waals surface area contributed by atoms with Gasteiger partial charge in [-0.3, -0.25) is 0 Å². The van der Waals surface area contributed by atoms with Crippen molar-refractivity contribution in [2.75, 3.05) is 17.2 Å². The molecule has 1 aromatic carbocycles. The molecular weight excluding hydrogens is 296 g/mol. The standard InChI is InChI=1S/C18H22N4.C2H6/c1-3-4-7-14(2)13-22-18-15(12-20-22)10-11-19-16-8-5-6-9-17(16)21-18;1-2/h3-9,12,19,21H,10-11,13H2,1-2H3;1-2H3/b4-3-,14-7+;. The van der Waals surface area contributed by atoms with E-state index in [9.17, 15) is 0 Å². The van der Waals surface area contributed by atoms with Gasteiger partial charge in [0.25, 0.3) is 0 Å². The van der Waals surface area contributed by atoms with Crippen LogP contribution in [-0.2, 0) is 13.0 Å². The summed E-state index contributed by atoms with van der Waals surface area (Å²) in [5, 5.41) is 11.6. The first-order valence-corrected chi connectivity index (χ1v) is 8.71. The van der Waals surface area contributed by atoms with E-state index in [0.29, 0.717) is 0 Å². The van der Waals surface area contributed by atoms with Gasteiger partial charge in [-0.2, -0.15) is 5.10 Å². The maximum atomic E-state index is 4.56. The minimum absolute atomic E-state index is 0.794. The van der Waals surface area contributed by atoms with Crippen LogP contribution in [0.25, 0.3) is 0 Å². The van der Waals surface area contributed by atoms with Crippen molar-refractivity contribution in [3.8, 4) is 0 Å². The molecule has 0 spiro atoms. The maximum Gasteiger partial charge on any atom is 0.132 e. The zero-order chi connectivity index (χ0) is 17.4. The Kier molecular flexibility index (Phi) is 6.67. The van der Waals surface area contributed by atoms with E-state index >= 15 is 0 Å². The summed E-state index contributed by atoms with van der Waals surface area (Å²) >= 11 is 0. The minimum Gasteiger partial charge on any atom is -0.383 e. The van der Waals surface area contributed by atoms with Gasteiger partial charge in [-0.1, -0.05) is 49.8 Å². The maximum absolute atomic E-state index is 4.56. The highest BCUT2D eigenvalue weighted by Gasteiger charge is 2.15. The molecule has 1 aliphatic rings. The van der Waals surface area contributed by atoms with E-state index in [1.54, 1.807) is 0 Å². The lowest BCUT2D eigenvalue weighted by atomic mass is 10.1. The average molecular weight is 324 g/mol. The van der Waals surface area contributed by atoms with Gasteiger partial charge >= 0.3 is 0 Å². The van der Waals surface area contributed by atoms with Crippen LogP contribution in [0, 0.1) is 0 Å². The van der Waals surface area contributed by atoms with Crippen LogP contribution in [-0.4, -0.2) is 16.3 Å². The van der Waals surface area contributed by atoms with Crippen molar-refractivity contribution in [1.82, 2.24) is 9.78 Å². The second-order valence-corrected chi connectivity index (χ2v) is 5.56. The van der Waals surface area contributed by atoms with Gasteiger partial charge in [0.2, 0.25) is 0 Å². The van der Waals surface area contributed by atoms with Gasteiger partial charge in [-0.05, 0) is 32.4 Å². The lowest BCUT2D eigenvalue weighted by molar-refractivity contribution is 0.685. The molecule has 24 heavy (non-hydrogen) atoms. The SMILES string of the molecule is C/C=C\C=C(/C)Cn1ncc2c1Nc1ccccc1NCC2.CC. The van der Waals surface area contributed by atoms with Crippen molar-refractivity contribution in [3.05, 3.63) is 59.8 Å². The number of nitrogens with one attached hydrogen (secondary N) is 2. The Balaban J connectivity index is 0.00000100. The van der Waals surface area contributed by atoms with E-state index in [1.165, 1.54) is 11.1 Å². The van der Waals surface area contributed by atoms with Crippen molar-refractivity contribution in [1.29, 1.82) is 0 Å². The number of nitrogens with zero attached hydrogens (tertiary/aromatic N) is 2. The van der Waals surface area contributed by atoms with Gasteiger partial charge in [0, 0.05) is 12.1 Å². The van der Waals surface area contributed by atoms with E-state index in [-0.39, 0.29) is 0 Å². The number of fused-ring (bicyclic) bond motifs is 2. The van der Waals surface area contributed by atoms with Gasteiger partial charge in [-0.25, -0.2) is 4.68 Å². The lowest BCUT2D eigenvalue weighted by Crippen LogP contribution is -2.13. The average Bonchev–Trinajstić information content (AvgIpc) is 2.95. The van der Waals surface area contributed by atoms with Crippen LogP contribution in [0.2, 0.25) is 0 Å². The third kappa shape index (κ3) is 4.28. The third-order valence-electron chi connectivity index (χ3n) is 3.78.